The molecule has 0 bridgehead atoms. The number of thiophene rings is 1. The van der Waals surface area contributed by atoms with E-state index in [-0.39, 0.29) is 5.91 Å². The second-order valence-corrected chi connectivity index (χ2v) is 5.69. The van der Waals surface area contributed by atoms with Crippen molar-refractivity contribution in [2.75, 3.05) is 6.54 Å². The Labute approximate surface area is 116 Å². The average molecular weight is 279 g/mol. The summed E-state index contributed by atoms with van der Waals surface area (Å²) in [6.45, 7) is 2.93. The van der Waals surface area contributed by atoms with E-state index in [0.717, 1.165) is 36.8 Å². The number of carboxylic acid groups (broad SMARTS) is 1. The topological polar surface area (TPSA) is 57.6 Å². The van der Waals surface area contributed by atoms with Crippen molar-refractivity contribution in [3.63, 3.8) is 0 Å². The number of nitrogens with zero attached hydrogens (tertiary/aromatic N) is 1. The number of carbonyl (C=O) groups is 2. The van der Waals surface area contributed by atoms with Crippen molar-refractivity contribution in [1.82, 2.24) is 4.90 Å². The molecule has 2 rings (SSSR count). The zero-order valence-electron chi connectivity index (χ0n) is 10.8. The van der Waals surface area contributed by atoms with E-state index < -0.39 is 5.97 Å². The lowest BCUT2D eigenvalue weighted by Gasteiger charge is -2.22. The summed E-state index contributed by atoms with van der Waals surface area (Å²) in [4.78, 5) is 26.2. The van der Waals surface area contributed by atoms with Crippen LogP contribution in [-0.4, -0.2) is 34.5 Å². The molecule has 0 spiro atoms. The van der Waals surface area contributed by atoms with Crippen LogP contribution in [0.3, 0.4) is 0 Å². The Morgan fingerprint density at radius 3 is 3.00 bits per heavy atom. The summed E-state index contributed by atoms with van der Waals surface area (Å²) in [6.07, 6.45) is 5.75. The minimum Gasteiger partial charge on any atom is -0.478 e. The van der Waals surface area contributed by atoms with E-state index in [4.69, 9.17) is 5.11 Å². The maximum absolute atomic E-state index is 12.4. The Bertz CT molecular complexity index is 507. The summed E-state index contributed by atoms with van der Waals surface area (Å²) in [6, 6.07) is 3.92. The van der Waals surface area contributed by atoms with Crippen molar-refractivity contribution >= 4 is 29.3 Å². The van der Waals surface area contributed by atoms with Crippen LogP contribution in [0.5, 0.6) is 0 Å². The maximum Gasteiger partial charge on any atom is 0.328 e. The van der Waals surface area contributed by atoms with Crippen LogP contribution < -0.4 is 0 Å². The predicted molar refractivity (Wildman–Crippen MR) is 75.3 cm³/mol. The molecule has 102 valence electrons. The Kier molecular flexibility index (Phi) is 4.37. The molecule has 0 aliphatic carbocycles. The van der Waals surface area contributed by atoms with E-state index in [0.29, 0.717) is 10.9 Å². The highest BCUT2D eigenvalue weighted by molar-refractivity contribution is 7.14. The fourth-order valence-corrected chi connectivity index (χ4v) is 3.25. The van der Waals surface area contributed by atoms with Gasteiger partial charge in [-0.2, -0.15) is 0 Å². The molecule has 1 aliphatic rings. The average Bonchev–Trinajstić information content (AvgIpc) is 3.04. The normalized spacial score (nSPS) is 19.2. The number of likely N-dealkylation sites (tertiary alicyclic amines) is 1. The summed E-state index contributed by atoms with van der Waals surface area (Å²) in [7, 11) is 0. The molecular weight excluding hydrogens is 262 g/mol. The molecule has 1 unspecified atom stereocenters. The predicted octanol–water partition coefficient (Wildman–Crippen LogP) is 2.86. The van der Waals surface area contributed by atoms with Crippen molar-refractivity contribution in [3.05, 3.63) is 28.0 Å². The van der Waals surface area contributed by atoms with E-state index in [1.54, 1.807) is 12.1 Å². The van der Waals surface area contributed by atoms with Gasteiger partial charge in [-0.25, -0.2) is 4.79 Å². The first-order valence-electron chi connectivity index (χ1n) is 6.43. The second kappa shape index (κ2) is 6.02. The quantitative estimate of drug-likeness (QED) is 0.862. The van der Waals surface area contributed by atoms with Gasteiger partial charge < -0.3 is 10.0 Å². The lowest BCUT2D eigenvalue weighted by molar-refractivity contribution is -0.131. The molecular formula is C14H17NO3S. The number of rotatable bonds is 4. The van der Waals surface area contributed by atoms with Gasteiger partial charge in [0, 0.05) is 23.5 Å². The van der Waals surface area contributed by atoms with Gasteiger partial charge in [0.05, 0.1) is 4.88 Å². The van der Waals surface area contributed by atoms with Gasteiger partial charge in [-0.1, -0.05) is 6.92 Å². The molecule has 1 saturated heterocycles. The highest BCUT2D eigenvalue weighted by Crippen LogP contribution is 2.26. The van der Waals surface area contributed by atoms with Crippen molar-refractivity contribution < 1.29 is 14.7 Å². The van der Waals surface area contributed by atoms with Crippen LogP contribution in [0, 0.1) is 0 Å². The molecule has 1 aromatic rings. The van der Waals surface area contributed by atoms with Gasteiger partial charge in [0.2, 0.25) is 0 Å². The minimum absolute atomic E-state index is 0.0734. The van der Waals surface area contributed by atoms with Crippen LogP contribution in [0.25, 0.3) is 6.08 Å². The zero-order chi connectivity index (χ0) is 13.8. The van der Waals surface area contributed by atoms with Crippen LogP contribution in [0.1, 0.15) is 40.7 Å². The van der Waals surface area contributed by atoms with E-state index in [9.17, 15) is 9.59 Å². The van der Waals surface area contributed by atoms with Gasteiger partial charge in [-0.3, -0.25) is 4.79 Å². The van der Waals surface area contributed by atoms with E-state index in [1.807, 2.05) is 4.90 Å². The Hall–Kier alpha value is -1.62. The molecule has 19 heavy (non-hydrogen) atoms. The van der Waals surface area contributed by atoms with Crippen molar-refractivity contribution in [2.24, 2.45) is 0 Å². The smallest absolute Gasteiger partial charge is 0.328 e. The van der Waals surface area contributed by atoms with E-state index in [1.165, 1.54) is 17.4 Å². The molecule has 1 amide bonds. The van der Waals surface area contributed by atoms with Gasteiger partial charge >= 0.3 is 5.97 Å². The van der Waals surface area contributed by atoms with Gasteiger partial charge in [0.1, 0.15) is 0 Å². The molecule has 1 atom stereocenters. The number of aliphatic carboxylic acids is 1. The third kappa shape index (κ3) is 3.23. The maximum atomic E-state index is 12.4. The Morgan fingerprint density at radius 2 is 2.32 bits per heavy atom. The monoisotopic (exact) mass is 279 g/mol. The molecule has 0 radical (unpaired) electrons. The van der Waals surface area contributed by atoms with Crippen LogP contribution in [0.15, 0.2) is 18.2 Å². The number of hydrogen-bond acceptors (Lipinski definition) is 3. The second-order valence-electron chi connectivity index (χ2n) is 4.58. The van der Waals surface area contributed by atoms with Gasteiger partial charge in [-0.05, 0) is 37.5 Å². The van der Waals surface area contributed by atoms with Gasteiger partial charge in [0.15, 0.2) is 0 Å². The fraction of sp³-hybridized carbons (Fsp3) is 0.429. The number of carbonyl (C=O) groups excluding carboxylic acids is 1. The third-order valence-corrected chi connectivity index (χ3v) is 4.38. The highest BCUT2D eigenvalue weighted by Gasteiger charge is 2.28. The van der Waals surface area contributed by atoms with Crippen molar-refractivity contribution in [1.29, 1.82) is 0 Å². The molecule has 1 N–H and O–H groups in total. The van der Waals surface area contributed by atoms with Gasteiger partial charge in [-0.15, -0.1) is 11.3 Å². The summed E-state index contributed by atoms with van der Waals surface area (Å²) in [5.41, 5.74) is 0. The molecule has 2 heterocycles. The largest absolute Gasteiger partial charge is 0.478 e. The van der Waals surface area contributed by atoms with E-state index >= 15 is 0 Å². The molecule has 0 aromatic carbocycles. The van der Waals surface area contributed by atoms with Gasteiger partial charge in [0.25, 0.3) is 5.91 Å². The highest BCUT2D eigenvalue weighted by atomic mass is 32.1. The lowest BCUT2D eigenvalue weighted by atomic mass is 10.2. The lowest BCUT2D eigenvalue weighted by Crippen LogP contribution is -2.34. The molecule has 0 saturated carbocycles. The van der Waals surface area contributed by atoms with Crippen LogP contribution >= 0.6 is 11.3 Å². The minimum atomic E-state index is -0.980. The first kappa shape index (κ1) is 13.8. The molecule has 5 heteroatoms. The van der Waals surface area contributed by atoms with Crippen LogP contribution in [0.4, 0.5) is 0 Å². The Morgan fingerprint density at radius 1 is 1.53 bits per heavy atom. The van der Waals surface area contributed by atoms with Crippen LogP contribution in [-0.2, 0) is 4.79 Å². The van der Waals surface area contributed by atoms with E-state index in [2.05, 4.69) is 6.92 Å². The third-order valence-electron chi connectivity index (χ3n) is 3.34. The summed E-state index contributed by atoms with van der Waals surface area (Å²) < 4.78 is 0. The van der Waals surface area contributed by atoms with Crippen molar-refractivity contribution in [3.8, 4) is 0 Å². The molecule has 1 aromatic heterocycles. The molecule has 1 fully saturated rings. The first-order chi connectivity index (χ1) is 9.11. The van der Waals surface area contributed by atoms with Crippen LogP contribution in [0.2, 0.25) is 0 Å². The first-order valence-corrected chi connectivity index (χ1v) is 7.25. The number of carboxylic acids is 1. The number of hydrogen-bond donors (Lipinski definition) is 1. The standard InChI is InChI=1S/C14H17NO3S/c1-2-10-4-3-9-15(10)14(18)12-7-5-11(19-12)6-8-13(16)17/h5-8,10H,2-4,9H2,1H3,(H,16,17)/b8-6+. The summed E-state index contributed by atoms with van der Waals surface area (Å²) in [5, 5.41) is 8.57. The van der Waals surface area contributed by atoms with Crippen molar-refractivity contribution in [2.45, 2.75) is 32.2 Å². The Balaban J connectivity index is 2.09. The SMILES string of the molecule is CCC1CCCN1C(=O)c1ccc(/C=C/C(=O)O)s1. The molecule has 1 aliphatic heterocycles. The summed E-state index contributed by atoms with van der Waals surface area (Å²) in [5.74, 6) is -0.906. The zero-order valence-corrected chi connectivity index (χ0v) is 11.7. The fourth-order valence-electron chi connectivity index (χ4n) is 2.38. The number of amides is 1. The molecule has 4 nitrogen and oxygen atoms in total. The summed E-state index contributed by atoms with van der Waals surface area (Å²) >= 11 is 1.34.